The summed E-state index contributed by atoms with van der Waals surface area (Å²) >= 11 is 5.84. The second-order valence-electron chi connectivity index (χ2n) is 5.01. The van der Waals surface area contributed by atoms with Gasteiger partial charge in [-0.3, -0.25) is 0 Å². The lowest BCUT2D eigenvalue weighted by Crippen LogP contribution is -2.20. The summed E-state index contributed by atoms with van der Waals surface area (Å²) in [6.07, 6.45) is 0.531. The van der Waals surface area contributed by atoms with Gasteiger partial charge in [0.15, 0.2) is 0 Å². The highest BCUT2D eigenvalue weighted by atomic mass is 35.5. The Morgan fingerprint density at radius 2 is 1.95 bits per heavy atom. The number of nitrogens with one attached hydrogen (secondary N) is 1. The molecule has 0 spiro atoms. The molecule has 1 N–H and O–H groups in total. The van der Waals surface area contributed by atoms with E-state index in [-0.39, 0.29) is 16.9 Å². The topological polar surface area (TPSA) is 25.2 Å². The van der Waals surface area contributed by atoms with Gasteiger partial charge in [-0.2, -0.15) is 0 Å². The zero-order valence-electron chi connectivity index (χ0n) is 12.2. The van der Waals surface area contributed by atoms with Crippen LogP contribution in [0.2, 0.25) is 5.02 Å². The Kier molecular flexibility index (Phi) is 4.51. The van der Waals surface area contributed by atoms with E-state index in [0.29, 0.717) is 12.0 Å². The van der Waals surface area contributed by atoms with Gasteiger partial charge >= 0.3 is 0 Å². The van der Waals surface area contributed by atoms with Crippen LogP contribution in [-0.4, -0.2) is 7.05 Å². The minimum atomic E-state index is -0.343. The molecule has 1 atom stereocenters. The van der Waals surface area contributed by atoms with Crippen LogP contribution in [0.25, 0.3) is 0 Å². The normalized spacial score (nSPS) is 12.7. The van der Waals surface area contributed by atoms with Crippen LogP contribution in [-0.2, 0) is 6.42 Å². The number of hydrogen-bond acceptors (Lipinski definition) is 2. The van der Waals surface area contributed by atoms with E-state index in [1.807, 2.05) is 27.8 Å². The Morgan fingerprint density at radius 1 is 1.25 bits per heavy atom. The van der Waals surface area contributed by atoms with Crippen molar-refractivity contribution in [1.29, 1.82) is 0 Å². The number of furan rings is 1. The monoisotopic (exact) mass is 295 g/mol. The zero-order chi connectivity index (χ0) is 14.9. The first kappa shape index (κ1) is 15.1. The standard InChI is InChI=1S/C16H19ClFNO/c1-9-10(2)20-11(3)15(9)14(19-4)8-12-6-5-7-13(17)16(12)18/h5-7,14,19H,8H2,1-4H3. The largest absolute Gasteiger partial charge is 0.466 e. The van der Waals surface area contributed by atoms with Gasteiger partial charge in [-0.1, -0.05) is 23.7 Å². The van der Waals surface area contributed by atoms with Crippen molar-refractivity contribution in [3.05, 3.63) is 57.2 Å². The molecule has 0 saturated heterocycles. The maximum absolute atomic E-state index is 14.0. The van der Waals surface area contributed by atoms with E-state index in [2.05, 4.69) is 5.32 Å². The molecule has 0 saturated carbocycles. The third-order valence-electron chi connectivity index (χ3n) is 3.77. The van der Waals surface area contributed by atoms with Crippen LogP contribution in [0.1, 0.15) is 34.3 Å². The Morgan fingerprint density at radius 3 is 2.50 bits per heavy atom. The van der Waals surface area contributed by atoms with Crippen molar-refractivity contribution in [2.75, 3.05) is 7.05 Å². The van der Waals surface area contributed by atoms with Gasteiger partial charge < -0.3 is 9.73 Å². The molecule has 1 aromatic carbocycles. The molecule has 2 nitrogen and oxygen atoms in total. The Balaban J connectivity index is 2.36. The molecule has 4 heteroatoms. The van der Waals surface area contributed by atoms with E-state index in [1.165, 1.54) is 0 Å². The van der Waals surface area contributed by atoms with Gasteiger partial charge in [0.25, 0.3) is 0 Å². The summed E-state index contributed by atoms with van der Waals surface area (Å²) in [5.41, 5.74) is 2.82. The Hall–Kier alpha value is -1.32. The molecule has 0 fully saturated rings. The third kappa shape index (κ3) is 2.74. The molecule has 0 radical (unpaired) electrons. The fourth-order valence-corrected chi connectivity index (χ4v) is 2.79. The molecule has 20 heavy (non-hydrogen) atoms. The first-order chi connectivity index (χ1) is 9.45. The number of benzene rings is 1. The van der Waals surface area contributed by atoms with E-state index >= 15 is 0 Å². The maximum Gasteiger partial charge on any atom is 0.145 e. The molecular weight excluding hydrogens is 277 g/mol. The minimum absolute atomic E-state index is 0.000386. The number of hydrogen-bond donors (Lipinski definition) is 1. The van der Waals surface area contributed by atoms with Crippen LogP contribution in [0.3, 0.4) is 0 Å². The van der Waals surface area contributed by atoms with Crippen LogP contribution in [0.15, 0.2) is 22.6 Å². The molecule has 0 bridgehead atoms. The van der Waals surface area contributed by atoms with Gasteiger partial charge in [0.1, 0.15) is 17.3 Å². The molecule has 1 unspecified atom stereocenters. The molecular formula is C16H19ClFNO. The van der Waals surface area contributed by atoms with Gasteiger partial charge in [-0.25, -0.2) is 4.39 Å². The van der Waals surface area contributed by atoms with Crippen LogP contribution in [0.5, 0.6) is 0 Å². The summed E-state index contributed by atoms with van der Waals surface area (Å²) in [5.74, 6) is 1.44. The minimum Gasteiger partial charge on any atom is -0.466 e. The first-order valence-corrected chi connectivity index (χ1v) is 7.00. The summed E-state index contributed by atoms with van der Waals surface area (Å²) in [4.78, 5) is 0. The van der Waals surface area contributed by atoms with Crippen LogP contribution >= 0.6 is 11.6 Å². The lowest BCUT2D eigenvalue weighted by Gasteiger charge is -2.17. The quantitative estimate of drug-likeness (QED) is 0.898. The molecule has 0 aliphatic heterocycles. The Labute approximate surface area is 123 Å². The summed E-state index contributed by atoms with van der Waals surface area (Å²) in [7, 11) is 1.87. The van der Waals surface area contributed by atoms with Crippen molar-refractivity contribution >= 4 is 11.6 Å². The highest BCUT2D eigenvalue weighted by molar-refractivity contribution is 6.30. The lowest BCUT2D eigenvalue weighted by molar-refractivity contribution is 0.487. The smallest absolute Gasteiger partial charge is 0.145 e. The number of aryl methyl sites for hydroxylation is 2. The summed E-state index contributed by atoms with van der Waals surface area (Å²) in [5, 5.41) is 3.40. The summed E-state index contributed by atoms with van der Waals surface area (Å²) in [6.45, 7) is 5.91. The highest BCUT2D eigenvalue weighted by Crippen LogP contribution is 2.30. The van der Waals surface area contributed by atoms with Crippen molar-refractivity contribution in [2.24, 2.45) is 0 Å². The van der Waals surface area contributed by atoms with Gasteiger partial charge in [0.2, 0.25) is 0 Å². The van der Waals surface area contributed by atoms with Gasteiger partial charge in [0, 0.05) is 11.6 Å². The highest BCUT2D eigenvalue weighted by Gasteiger charge is 2.21. The molecule has 1 heterocycles. The van der Waals surface area contributed by atoms with Crippen molar-refractivity contribution in [1.82, 2.24) is 5.32 Å². The lowest BCUT2D eigenvalue weighted by atomic mass is 9.95. The number of likely N-dealkylation sites (N-methyl/N-ethyl adjacent to an activating group) is 1. The van der Waals surface area contributed by atoms with Gasteiger partial charge in [0.05, 0.1) is 5.02 Å². The SMILES string of the molecule is CNC(Cc1cccc(Cl)c1F)c1c(C)oc(C)c1C. The summed E-state index contributed by atoms with van der Waals surface area (Å²) < 4.78 is 19.7. The van der Waals surface area contributed by atoms with E-state index < -0.39 is 0 Å². The van der Waals surface area contributed by atoms with Crippen molar-refractivity contribution in [3.63, 3.8) is 0 Å². The van der Waals surface area contributed by atoms with Crippen molar-refractivity contribution in [2.45, 2.75) is 33.2 Å². The second-order valence-corrected chi connectivity index (χ2v) is 5.42. The van der Waals surface area contributed by atoms with E-state index in [4.69, 9.17) is 16.0 Å². The zero-order valence-corrected chi connectivity index (χ0v) is 12.9. The average Bonchev–Trinajstić information content (AvgIpc) is 2.66. The second kappa shape index (κ2) is 5.98. The molecule has 1 aromatic heterocycles. The Bertz CT molecular complexity index is 621. The summed E-state index contributed by atoms with van der Waals surface area (Å²) in [6, 6.07) is 5.10. The maximum atomic E-state index is 14.0. The molecule has 108 valence electrons. The van der Waals surface area contributed by atoms with Gasteiger partial charge in [-0.05, 0) is 51.4 Å². The number of halogens is 2. The van der Waals surface area contributed by atoms with E-state index in [9.17, 15) is 4.39 Å². The van der Waals surface area contributed by atoms with E-state index in [0.717, 1.165) is 22.6 Å². The predicted molar refractivity (Wildman–Crippen MR) is 79.8 cm³/mol. The molecule has 0 aliphatic carbocycles. The first-order valence-electron chi connectivity index (χ1n) is 6.62. The predicted octanol–water partition coefficient (Wildman–Crippen LogP) is 4.50. The fraction of sp³-hybridized carbons (Fsp3) is 0.375. The number of rotatable bonds is 4. The van der Waals surface area contributed by atoms with Gasteiger partial charge in [-0.15, -0.1) is 0 Å². The van der Waals surface area contributed by atoms with Crippen LogP contribution in [0, 0.1) is 26.6 Å². The van der Waals surface area contributed by atoms with Crippen LogP contribution in [0.4, 0.5) is 4.39 Å². The third-order valence-corrected chi connectivity index (χ3v) is 4.06. The van der Waals surface area contributed by atoms with Crippen LogP contribution < -0.4 is 5.32 Å². The molecule has 2 rings (SSSR count). The van der Waals surface area contributed by atoms with Crippen molar-refractivity contribution in [3.8, 4) is 0 Å². The molecule has 2 aromatic rings. The van der Waals surface area contributed by atoms with Crippen molar-refractivity contribution < 1.29 is 8.81 Å². The van der Waals surface area contributed by atoms with E-state index in [1.54, 1.807) is 18.2 Å². The fourth-order valence-electron chi connectivity index (χ4n) is 2.60. The average molecular weight is 296 g/mol. The molecule has 0 amide bonds. The molecule has 0 aliphatic rings.